The molecule has 0 radical (unpaired) electrons. The lowest BCUT2D eigenvalue weighted by Gasteiger charge is -2.31. The van der Waals surface area contributed by atoms with Gasteiger partial charge >= 0.3 is 5.97 Å². The maximum Gasteiger partial charge on any atom is 0.310 e. The number of carbonyl (C=O) groups is 2. The number of ether oxygens (including phenoxy) is 1. The van der Waals surface area contributed by atoms with Crippen molar-refractivity contribution < 1.29 is 14.3 Å². The van der Waals surface area contributed by atoms with Gasteiger partial charge < -0.3 is 9.64 Å². The Kier molecular flexibility index (Phi) is 6.49. The number of likely N-dealkylation sites (tertiary alicyclic amines) is 1. The summed E-state index contributed by atoms with van der Waals surface area (Å²) in [7, 11) is 0. The molecule has 1 atom stereocenters. The molecule has 1 aromatic heterocycles. The molecule has 7 nitrogen and oxygen atoms in total. The van der Waals surface area contributed by atoms with E-state index in [4.69, 9.17) is 4.74 Å². The van der Waals surface area contributed by atoms with Gasteiger partial charge in [0.2, 0.25) is 5.91 Å². The van der Waals surface area contributed by atoms with Gasteiger partial charge in [-0.25, -0.2) is 0 Å². The van der Waals surface area contributed by atoms with E-state index in [1.807, 2.05) is 41.8 Å². The number of esters is 1. The maximum absolute atomic E-state index is 12.6. The van der Waals surface area contributed by atoms with Gasteiger partial charge in [-0.15, -0.1) is 10.2 Å². The van der Waals surface area contributed by atoms with Crippen LogP contribution in [-0.2, 0) is 14.3 Å². The van der Waals surface area contributed by atoms with Crippen molar-refractivity contribution in [3.05, 3.63) is 36.2 Å². The summed E-state index contributed by atoms with van der Waals surface area (Å²) in [6.45, 7) is 5.17. The zero-order valence-corrected chi connectivity index (χ0v) is 16.4. The predicted octanol–water partition coefficient (Wildman–Crippen LogP) is 2.47. The van der Waals surface area contributed by atoms with Gasteiger partial charge in [-0.3, -0.25) is 14.2 Å². The third-order valence-electron chi connectivity index (χ3n) is 4.53. The Balaban J connectivity index is 1.62. The van der Waals surface area contributed by atoms with Crippen molar-refractivity contribution in [1.29, 1.82) is 0 Å². The molecule has 0 bridgehead atoms. The number of aryl methyl sites for hydroxylation is 1. The summed E-state index contributed by atoms with van der Waals surface area (Å²) >= 11 is 1.37. The van der Waals surface area contributed by atoms with E-state index >= 15 is 0 Å². The van der Waals surface area contributed by atoms with Gasteiger partial charge in [0.05, 0.1) is 18.3 Å². The minimum atomic E-state index is -0.220. The van der Waals surface area contributed by atoms with E-state index in [9.17, 15) is 9.59 Å². The first-order valence-electron chi connectivity index (χ1n) is 9.14. The number of carbonyl (C=O) groups excluding carboxylic acids is 2. The molecule has 0 saturated carbocycles. The number of rotatable bonds is 6. The van der Waals surface area contributed by atoms with Crippen LogP contribution in [0.15, 0.2) is 35.5 Å². The molecule has 2 heterocycles. The minimum absolute atomic E-state index is 0.00858. The van der Waals surface area contributed by atoms with Crippen LogP contribution in [0.2, 0.25) is 0 Å². The summed E-state index contributed by atoms with van der Waals surface area (Å²) in [6, 6.07) is 9.83. The van der Waals surface area contributed by atoms with Crippen molar-refractivity contribution >= 4 is 23.6 Å². The number of nitrogens with zero attached hydrogens (tertiary/aromatic N) is 4. The minimum Gasteiger partial charge on any atom is -0.466 e. The Bertz CT molecular complexity index is 794. The number of hydrogen-bond acceptors (Lipinski definition) is 6. The Labute approximate surface area is 163 Å². The second-order valence-corrected chi connectivity index (χ2v) is 7.36. The highest BCUT2D eigenvalue weighted by atomic mass is 32.2. The molecule has 1 aliphatic rings. The maximum atomic E-state index is 12.6. The Morgan fingerprint density at radius 2 is 2.04 bits per heavy atom. The van der Waals surface area contributed by atoms with Crippen molar-refractivity contribution in [2.45, 2.75) is 31.8 Å². The highest BCUT2D eigenvalue weighted by molar-refractivity contribution is 7.99. The van der Waals surface area contributed by atoms with Crippen LogP contribution in [0, 0.1) is 12.8 Å². The van der Waals surface area contributed by atoms with Crippen LogP contribution in [0.4, 0.5) is 0 Å². The molecule has 8 heteroatoms. The first-order valence-corrected chi connectivity index (χ1v) is 10.1. The van der Waals surface area contributed by atoms with E-state index < -0.39 is 0 Å². The molecule has 3 rings (SSSR count). The quantitative estimate of drug-likeness (QED) is 0.559. The number of thioether (sulfide) groups is 1. The topological polar surface area (TPSA) is 77.3 Å². The molecule has 27 heavy (non-hydrogen) atoms. The third-order valence-corrected chi connectivity index (χ3v) is 5.44. The second kappa shape index (κ2) is 9.03. The number of para-hydroxylation sites is 1. The van der Waals surface area contributed by atoms with Gasteiger partial charge in [0.15, 0.2) is 5.16 Å². The first-order chi connectivity index (χ1) is 13.1. The molecule has 0 N–H and O–H groups in total. The zero-order chi connectivity index (χ0) is 19.2. The van der Waals surface area contributed by atoms with Gasteiger partial charge in [0.1, 0.15) is 5.82 Å². The first kappa shape index (κ1) is 19.4. The Hall–Kier alpha value is -2.35. The third kappa shape index (κ3) is 4.68. The smallest absolute Gasteiger partial charge is 0.310 e. The van der Waals surface area contributed by atoms with Crippen LogP contribution < -0.4 is 0 Å². The van der Waals surface area contributed by atoms with Gasteiger partial charge in [-0.05, 0) is 38.8 Å². The van der Waals surface area contributed by atoms with Crippen molar-refractivity contribution in [2.75, 3.05) is 25.4 Å². The summed E-state index contributed by atoms with van der Waals surface area (Å²) in [6.07, 6.45) is 1.59. The Morgan fingerprint density at radius 1 is 1.26 bits per heavy atom. The summed E-state index contributed by atoms with van der Waals surface area (Å²) in [5, 5.41) is 9.04. The fraction of sp³-hybridized carbons (Fsp3) is 0.474. The molecular formula is C19H24N4O3S. The molecule has 1 saturated heterocycles. The lowest BCUT2D eigenvalue weighted by molar-refractivity contribution is -0.151. The number of amides is 1. The zero-order valence-electron chi connectivity index (χ0n) is 15.6. The van der Waals surface area contributed by atoms with Crippen LogP contribution in [0.1, 0.15) is 25.6 Å². The van der Waals surface area contributed by atoms with E-state index in [0.29, 0.717) is 24.9 Å². The van der Waals surface area contributed by atoms with E-state index in [2.05, 4.69) is 10.2 Å². The van der Waals surface area contributed by atoms with Crippen LogP contribution in [-0.4, -0.2) is 57.0 Å². The molecule has 0 aliphatic carbocycles. The molecule has 2 aromatic rings. The molecule has 1 unspecified atom stereocenters. The van der Waals surface area contributed by atoms with Crippen molar-refractivity contribution in [3.8, 4) is 5.69 Å². The summed E-state index contributed by atoms with van der Waals surface area (Å²) in [4.78, 5) is 26.4. The summed E-state index contributed by atoms with van der Waals surface area (Å²) in [5.41, 5.74) is 0.968. The number of piperidine rings is 1. The van der Waals surface area contributed by atoms with Gasteiger partial charge in [0.25, 0.3) is 0 Å². The average molecular weight is 388 g/mol. The van der Waals surface area contributed by atoms with E-state index in [1.165, 1.54) is 11.8 Å². The fourth-order valence-corrected chi connectivity index (χ4v) is 4.08. The molecule has 0 spiro atoms. The summed E-state index contributed by atoms with van der Waals surface area (Å²) < 4.78 is 7.04. The number of aromatic nitrogens is 3. The van der Waals surface area contributed by atoms with Crippen molar-refractivity contribution in [2.24, 2.45) is 5.92 Å². The largest absolute Gasteiger partial charge is 0.466 e. The lowest BCUT2D eigenvalue weighted by atomic mass is 9.98. The fourth-order valence-electron chi connectivity index (χ4n) is 3.18. The SMILES string of the molecule is CCOC(=O)C1CCCN(C(=O)CSc2nnc(C)n2-c2ccccc2)C1. The van der Waals surface area contributed by atoms with Crippen LogP contribution >= 0.6 is 11.8 Å². The van der Waals surface area contributed by atoms with E-state index in [1.54, 1.807) is 11.8 Å². The predicted molar refractivity (Wildman–Crippen MR) is 103 cm³/mol. The molecule has 1 amide bonds. The van der Waals surface area contributed by atoms with Gasteiger partial charge in [-0.2, -0.15) is 0 Å². The standard InChI is InChI=1S/C19H24N4O3S/c1-3-26-18(25)15-8-7-11-22(12-15)17(24)13-27-19-21-20-14(2)23(19)16-9-5-4-6-10-16/h4-6,9-10,15H,3,7-8,11-13H2,1-2H3. The van der Waals surface area contributed by atoms with Crippen LogP contribution in [0.5, 0.6) is 0 Å². The lowest BCUT2D eigenvalue weighted by Crippen LogP contribution is -2.43. The molecule has 1 fully saturated rings. The highest BCUT2D eigenvalue weighted by Gasteiger charge is 2.29. The molecular weight excluding hydrogens is 364 g/mol. The highest BCUT2D eigenvalue weighted by Crippen LogP contribution is 2.24. The van der Waals surface area contributed by atoms with E-state index in [-0.39, 0.29) is 23.5 Å². The van der Waals surface area contributed by atoms with Crippen molar-refractivity contribution in [1.82, 2.24) is 19.7 Å². The molecule has 1 aliphatic heterocycles. The normalized spacial score (nSPS) is 17.0. The number of hydrogen-bond donors (Lipinski definition) is 0. The Morgan fingerprint density at radius 3 is 2.78 bits per heavy atom. The van der Waals surface area contributed by atoms with Crippen LogP contribution in [0.25, 0.3) is 5.69 Å². The number of benzene rings is 1. The second-order valence-electron chi connectivity index (χ2n) is 6.42. The van der Waals surface area contributed by atoms with Crippen LogP contribution in [0.3, 0.4) is 0 Å². The molecule has 144 valence electrons. The summed E-state index contributed by atoms with van der Waals surface area (Å²) in [5.74, 6) is 0.622. The monoisotopic (exact) mass is 388 g/mol. The van der Waals surface area contributed by atoms with Crippen molar-refractivity contribution in [3.63, 3.8) is 0 Å². The van der Waals surface area contributed by atoms with Gasteiger partial charge in [-0.1, -0.05) is 30.0 Å². The van der Waals surface area contributed by atoms with Gasteiger partial charge in [0, 0.05) is 18.8 Å². The van der Waals surface area contributed by atoms with E-state index in [0.717, 1.165) is 24.4 Å². The average Bonchev–Trinajstić information content (AvgIpc) is 3.07. The molecule has 1 aromatic carbocycles.